The van der Waals surface area contributed by atoms with E-state index in [1.165, 1.54) is 5.56 Å². The predicted molar refractivity (Wildman–Crippen MR) is 132 cm³/mol. The van der Waals surface area contributed by atoms with E-state index in [9.17, 15) is 9.59 Å². The lowest BCUT2D eigenvalue weighted by atomic mass is 10.0. The normalized spacial score (nSPS) is 20.4. The van der Waals surface area contributed by atoms with E-state index in [0.717, 1.165) is 42.0 Å². The summed E-state index contributed by atoms with van der Waals surface area (Å²) in [4.78, 5) is 27.2. The third-order valence-corrected chi connectivity index (χ3v) is 8.23. The maximum Gasteiger partial charge on any atom is 0.321 e. The molecule has 3 N–H and O–H groups in total. The van der Waals surface area contributed by atoms with Crippen LogP contribution in [-0.2, 0) is 17.8 Å². The molecule has 2 aromatic rings. The molecule has 0 bridgehead atoms. The molecular formula is C25H30N4O4S. The monoisotopic (exact) mass is 482 g/mol. The van der Waals surface area contributed by atoms with E-state index in [0.29, 0.717) is 25.4 Å². The van der Waals surface area contributed by atoms with Crippen molar-refractivity contribution >= 4 is 29.4 Å². The minimum atomic E-state index is -0.239. The number of ether oxygens (including phenoxy) is 2. The number of hydrogen-bond acceptors (Lipinski definition) is 6. The van der Waals surface area contributed by atoms with Crippen LogP contribution < -0.4 is 25.4 Å². The standard InChI is InChI=1S/C25H30N4O4S/c1-2-17-3-6-19(7-4-17)27-24(31)29-11-9-25(10-12-29)28-20(15-34-25)23(30)26-14-18-5-8-21-22(13-18)33-16-32-21/h3-8,13,20,28H,2,9-12,14-16H2,1H3,(H,26,30)(H,27,31). The molecule has 2 fully saturated rings. The Labute approximate surface area is 203 Å². The van der Waals surface area contributed by atoms with Crippen molar-refractivity contribution in [3.05, 3.63) is 53.6 Å². The highest BCUT2D eigenvalue weighted by atomic mass is 32.2. The maximum absolute atomic E-state index is 12.8. The SMILES string of the molecule is CCc1ccc(NC(=O)N2CCC3(CC2)NC(C(=O)NCc2ccc4c(c2)OCO4)CS3)cc1. The first-order chi connectivity index (χ1) is 16.5. The fraction of sp³-hybridized carbons (Fsp3) is 0.440. The Morgan fingerprint density at radius 1 is 1.09 bits per heavy atom. The molecule has 3 amide bonds. The highest BCUT2D eigenvalue weighted by Gasteiger charge is 2.44. The summed E-state index contributed by atoms with van der Waals surface area (Å²) in [6, 6.07) is 13.4. The first-order valence-corrected chi connectivity index (χ1v) is 12.7. The molecular weight excluding hydrogens is 452 g/mol. The van der Waals surface area contributed by atoms with Crippen LogP contribution in [-0.4, -0.2) is 53.4 Å². The predicted octanol–water partition coefficient (Wildman–Crippen LogP) is 3.32. The second kappa shape index (κ2) is 9.76. The number of carbonyl (C=O) groups is 2. The highest BCUT2D eigenvalue weighted by Crippen LogP contribution is 2.39. The Hall–Kier alpha value is -2.91. The first kappa shape index (κ1) is 22.9. The van der Waals surface area contributed by atoms with E-state index in [-0.39, 0.29) is 29.6 Å². The molecule has 1 atom stereocenters. The lowest BCUT2D eigenvalue weighted by Crippen LogP contribution is -2.54. The number of likely N-dealkylation sites (tertiary alicyclic amines) is 1. The molecule has 3 heterocycles. The molecule has 1 unspecified atom stereocenters. The van der Waals surface area contributed by atoms with Crippen molar-refractivity contribution in [2.75, 3.05) is 31.0 Å². The van der Waals surface area contributed by atoms with Crippen molar-refractivity contribution in [3.8, 4) is 11.5 Å². The number of nitrogens with one attached hydrogen (secondary N) is 3. The summed E-state index contributed by atoms with van der Waals surface area (Å²) in [5.74, 6) is 2.18. The Morgan fingerprint density at radius 2 is 1.82 bits per heavy atom. The van der Waals surface area contributed by atoms with Gasteiger partial charge in [0.25, 0.3) is 0 Å². The molecule has 180 valence electrons. The molecule has 2 aromatic carbocycles. The Kier molecular flexibility index (Phi) is 6.56. The van der Waals surface area contributed by atoms with E-state index < -0.39 is 0 Å². The Morgan fingerprint density at radius 3 is 2.59 bits per heavy atom. The van der Waals surface area contributed by atoms with Gasteiger partial charge in [-0.25, -0.2) is 4.79 Å². The summed E-state index contributed by atoms with van der Waals surface area (Å²) < 4.78 is 10.7. The molecule has 0 saturated carbocycles. The number of rotatable bonds is 5. The molecule has 8 nitrogen and oxygen atoms in total. The van der Waals surface area contributed by atoms with Gasteiger partial charge < -0.3 is 25.0 Å². The minimum absolute atomic E-state index is 0.00209. The van der Waals surface area contributed by atoms with Gasteiger partial charge in [-0.15, -0.1) is 11.8 Å². The minimum Gasteiger partial charge on any atom is -0.454 e. The second-order valence-electron chi connectivity index (χ2n) is 8.88. The number of benzene rings is 2. The van der Waals surface area contributed by atoms with Crippen molar-refractivity contribution < 1.29 is 19.1 Å². The molecule has 3 aliphatic rings. The van der Waals surface area contributed by atoms with Crippen LogP contribution in [0.3, 0.4) is 0 Å². The zero-order chi connectivity index (χ0) is 23.5. The average molecular weight is 483 g/mol. The third kappa shape index (κ3) is 4.95. The fourth-order valence-electron chi connectivity index (χ4n) is 4.53. The van der Waals surface area contributed by atoms with Crippen LogP contribution in [0.1, 0.15) is 30.9 Å². The molecule has 0 aliphatic carbocycles. The van der Waals surface area contributed by atoms with Crippen LogP contribution in [0.4, 0.5) is 10.5 Å². The fourth-order valence-corrected chi connectivity index (χ4v) is 5.95. The van der Waals surface area contributed by atoms with Crippen LogP contribution in [0, 0.1) is 0 Å². The topological polar surface area (TPSA) is 91.9 Å². The summed E-state index contributed by atoms with van der Waals surface area (Å²) in [7, 11) is 0. The van der Waals surface area contributed by atoms with Gasteiger partial charge in [0, 0.05) is 31.1 Å². The van der Waals surface area contributed by atoms with Gasteiger partial charge in [-0.2, -0.15) is 0 Å². The van der Waals surface area contributed by atoms with Crippen LogP contribution >= 0.6 is 11.8 Å². The lowest BCUT2D eigenvalue weighted by molar-refractivity contribution is -0.122. The summed E-state index contributed by atoms with van der Waals surface area (Å²) in [6.45, 7) is 4.11. The van der Waals surface area contributed by atoms with Crippen molar-refractivity contribution in [2.45, 2.75) is 43.6 Å². The van der Waals surface area contributed by atoms with Crippen LogP contribution in [0.2, 0.25) is 0 Å². The molecule has 2 saturated heterocycles. The lowest BCUT2D eigenvalue weighted by Gasteiger charge is -2.39. The van der Waals surface area contributed by atoms with E-state index in [2.05, 4.69) is 22.9 Å². The average Bonchev–Trinajstić information content (AvgIpc) is 3.50. The summed E-state index contributed by atoms with van der Waals surface area (Å²) in [6.07, 6.45) is 2.60. The third-order valence-electron chi connectivity index (χ3n) is 6.66. The van der Waals surface area contributed by atoms with Gasteiger partial charge in [-0.05, 0) is 54.7 Å². The van der Waals surface area contributed by atoms with Gasteiger partial charge in [0.15, 0.2) is 11.5 Å². The Balaban J connectivity index is 1.08. The zero-order valence-corrected chi connectivity index (χ0v) is 20.1. The van der Waals surface area contributed by atoms with Crippen molar-refractivity contribution in [3.63, 3.8) is 0 Å². The number of thioether (sulfide) groups is 1. The molecule has 0 radical (unpaired) electrons. The maximum atomic E-state index is 12.8. The molecule has 3 aliphatic heterocycles. The van der Waals surface area contributed by atoms with Gasteiger partial charge >= 0.3 is 6.03 Å². The zero-order valence-electron chi connectivity index (χ0n) is 19.3. The number of carbonyl (C=O) groups excluding carboxylic acids is 2. The Bertz CT molecular complexity index is 1050. The number of piperidine rings is 1. The van der Waals surface area contributed by atoms with Crippen molar-refractivity contribution in [1.82, 2.24) is 15.5 Å². The molecule has 0 aromatic heterocycles. The number of amides is 3. The quantitative estimate of drug-likeness (QED) is 0.606. The second-order valence-corrected chi connectivity index (χ2v) is 10.3. The number of aryl methyl sites for hydroxylation is 1. The largest absolute Gasteiger partial charge is 0.454 e. The summed E-state index contributed by atoms with van der Waals surface area (Å²) in [5, 5.41) is 9.58. The number of hydrogen-bond donors (Lipinski definition) is 3. The van der Waals surface area contributed by atoms with Gasteiger partial charge in [0.2, 0.25) is 12.7 Å². The number of fused-ring (bicyclic) bond motifs is 1. The van der Waals surface area contributed by atoms with Crippen LogP contribution in [0.15, 0.2) is 42.5 Å². The van der Waals surface area contributed by atoms with E-state index >= 15 is 0 Å². The first-order valence-electron chi connectivity index (χ1n) is 11.8. The number of urea groups is 1. The van der Waals surface area contributed by atoms with Gasteiger partial charge in [0.1, 0.15) is 0 Å². The van der Waals surface area contributed by atoms with Crippen LogP contribution in [0.25, 0.3) is 0 Å². The van der Waals surface area contributed by atoms with Gasteiger partial charge in [0.05, 0.1) is 10.9 Å². The van der Waals surface area contributed by atoms with E-state index in [1.807, 2.05) is 47.4 Å². The molecule has 5 rings (SSSR count). The van der Waals surface area contributed by atoms with E-state index in [4.69, 9.17) is 9.47 Å². The number of nitrogens with zero attached hydrogens (tertiary/aromatic N) is 1. The van der Waals surface area contributed by atoms with E-state index in [1.54, 1.807) is 11.8 Å². The summed E-state index contributed by atoms with van der Waals surface area (Å²) in [5.41, 5.74) is 3.04. The van der Waals surface area contributed by atoms with Crippen molar-refractivity contribution in [2.24, 2.45) is 0 Å². The summed E-state index contributed by atoms with van der Waals surface area (Å²) >= 11 is 1.80. The van der Waals surface area contributed by atoms with Crippen LogP contribution in [0.5, 0.6) is 11.5 Å². The van der Waals surface area contributed by atoms with Gasteiger partial charge in [-0.1, -0.05) is 25.1 Å². The molecule has 34 heavy (non-hydrogen) atoms. The smallest absolute Gasteiger partial charge is 0.321 e. The molecule has 1 spiro atoms. The molecule has 9 heteroatoms. The number of anilines is 1. The van der Waals surface area contributed by atoms with Gasteiger partial charge in [-0.3, -0.25) is 10.1 Å². The highest BCUT2D eigenvalue weighted by molar-refractivity contribution is 8.01. The van der Waals surface area contributed by atoms with Crippen molar-refractivity contribution in [1.29, 1.82) is 0 Å².